The molecule has 2 nitrogen and oxygen atoms in total. The lowest BCUT2D eigenvalue weighted by molar-refractivity contribution is 0.810. The number of hydrogen-bond donors (Lipinski definition) is 1. The summed E-state index contributed by atoms with van der Waals surface area (Å²) in [6, 6.07) is 6.54. The highest BCUT2D eigenvalue weighted by Crippen LogP contribution is 2.29. The smallest absolute Gasteiger partial charge is 0.107 e. The van der Waals surface area contributed by atoms with Gasteiger partial charge in [-0.25, -0.2) is 4.98 Å². The van der Waals surface area contributed by atoms with Crippen molar-refractivity contribution in [3.8, 4) is 10.4 Å². The molecule has 0 unspecified atom stereocenters. The fourth-order valence-corrected chi connectivity index (χ4v) is 2.68. The van der Waals surface area contributed by atoms with Crippen molar-refractivity contribution in [3.05, 3.63) is 40.5 Å². The molecule has 0 aliphatic heterocycles. The Morgan fingerprint density at radius 2 is 2.12 bits per heavy atom. The molecule has 2 aromatic rings. The first kappa shape index (κ1) is 11.3. The van der Waals surface area contributed by atoms with E-state index in [1.165, 1.54) is 21.6 Å². The highest BCUT2D eigenvalue weighted by atomic mass is 32.1. The predicted molar refractivity (Wildman–Crippen MR) is 69.8 cm³/mol. The second-order valence-electron chi connectivity index (χ2n) is 3.97. The number of nitrogens with one attached hydrogen (secondary N) is 1. The van der Waals surface area contributed by atoms with E-state index in [1.807, 2.05) is 13.2 Å². The summed E-state index contributed by atoms with van der Waals surface area (Å²) in [6.07, 6.45) is 1.97. The summed E-state index contributed by atoms with van der Waals surface area (Å²) >= 11 is 1.76. The van der Waals surface area contributed by atoms with Crippen molar-refractivity contribution >= 4 is 11.3 Å². The number of nitrogens with zero attached hydrogens (tertiary/aromatic N) is 1. The van der Waals surface area contributed by atoms with Crippen LogP contribution in [0.1, 0.15) is 16.1 Å². The van der Waals surface area contributed by atoms with Crippen molar-refractivity contribution in [2.75, 3.05) is 7.05 Å². The average molecular weight is 232 g/mol. The summed E-state index contributed by atoms with van der Waals surface area (Å²) in [5.74, 6) is 0. The van der Waals surface area contributed by atoms with Crippen LogP contribution in [-0.2, 0) is 6.54 Å². The summed E-state index contributed by atoms with van der Waals surface area (Å²) < 4.78 is 0. The number of benzene rings is 1. The molecule has 0 aliphatic carbocycles. The Morgan fingerprint density at radius 1 is 1.31 bits per heavy atom. The van der Waals surface area contributed by atoms with Gasteiger partial charge in [0, 0.05) is 12.7 Å². The standard InChI is InChI=1S/C13H16N2S/c1-9-4-5-10(2)11(6-9)12-7-15-13(16-12)8-14-3/h4-7,14H,8H2,1-3H3. The first-order valence-corrected chi connectivity index (χ1v) is 6.19. The highest BCUT2D eigenvalue weighted by Gasteiger charge is 2.06. The van der Waals surface area contributed by atoms with Gasteiger partial charge in [-0.3, -0.25) is 0 Å². The van der Waals surface area contributed by atoms with E-state index in [1.54, 1.807) is 11.3 Å². The van der Waals surface area contributed by atoms with E-state index in [-0.39, 0.29) is 0 Å². The van der Waals surface area contributed by atoms with Crippen LogP contribution in [0.5, 0.6) is 0 Å². The van der Waals surface area contributed by atoms with Crippen LogP contribution in [0.15, 0.2) is 24.4 Å². The molecule has 0 radical (unpaired) electrons. The van der Waals surface area contributed by atoms with Gasteiger partial charge in [-0.2, -0.15) is 0 Å². The molecule has 84 valence electrons. The van der Waals surface area contributed by atoms with Crippen molar-refractivity contribution in [2.45, 2.75) is 20.4 Å². The van der Waals surface area contributed by atoms with Gasteiger partial charge >= 0.3 is 0 Å². The number of thiazole rings is 1. The van der Waals surface area contributed by atoms with E-state index in [9.17, 15) is 0 Å². The zero-order chi connectivity index (χ0) is 11.5. The van der Waals surface area contributed by atoms with Gasteiger partial charge in [0.05, 0.1) is 4.88 Å². The maximum absolute atomic E-state index is 4.41. The summed E-state index contributed by atoms with van der Waals surface area (Å²) in [4.78, 5) is 5.67. The lowest BCUT2D eigenvalue weighted by Crippen LogP contribution is -2.03. The van der Waals surface area contributed by atoms with Crippen LogP contribution in [0.2, 0.25) is 0 Å². The van der Waals surface area contributed by atoms with Gasteiger partial charge < -0.3 is 5.32 Å². The zero-order valence-corrected chi connectivity index (χ0v) is 10.7. The van der Waals surface area contributed by atoms with E-state index in [0.29, 0.717) is 0 Å². The molecule has 1 aromatic carbocycles. The molecule has 3 heteroatoms. The maximum Gasteiger partial charge on any atom is 0.107 e. The molecule has 0 saturated heterocycles. The quantitative estimate of drug-likeness (QED) is 0.879. The van der Waals surface area contributed by atoms with Gasteiger partial charge in [0.25, 0.3) is 0 Å². The molecule has 0 fully saturated rings. The molecular formula is C13H16N2S. The molecule has 0 atom stereocenters. The van der Waals surface area contributed by atoms with E-state index in [4.69, 9.17) is 0 Å². The van der Waals surface area contributed by atoms with Gasteiger partial charge in [0.1, 0.15) is 5.01 Å². The Kier molecular flexibility index (Phi) is 3.36. The summed E-state index contributed by atoms with van der Waals surface area (Å²) in [7, 11) is 1.94. The molecule has 0 bridgehead atoms. The maximum atomic E-state index is 4.41. The zero-order valence-electron chi connectivity index (χ0n) is 9.87. The van der Waals surface area contributed by atoms with Crippen LogP contribution in [0.4, 0.5) is 0 Å². The second-order valence-corrected chi connectivity index (χ2v) is 5.08. The Morgan fingerprint density at radius 3 is 2.88 bits per heavy atom. The normalized spacial score (nSPS) is 10.7. The van der Waals surface area contributed by atoms with Crippen LogP contribution in [0.25, 0.3) is 10.4 Å². The predicted octanol–water partition coefficient (Wildman–Crippen LogP) is 3.15. The van der Waals surface area contributed by atoms with E-state index in [0.717, 1.165) is 11.6 Å². The van der Waals surface area contributed by atoms with Gasteiger partial charge in [-0.1, -0.05) is 23.8 Å². The first-order valence-electron chi connectivity index (χ1n) is 5.37. The van der Waals surface area contributed by atoms with Gasteiger partial charge in [0.2, 0.25) is 0 Å². The first-order chi connectivity index (χ1) is 7.70. The minimum atomic E-state index is 0.843. The number of rotatable bonds is 3. The summed E-state index contributed by atoms with van der Waals surface area (Å²) in [6.45, 7) is 5.11. The van der Waals surface area contributed by atoms with Crippen molar-refractivity contribution in [3.63, 3.8) is 0 Å². The monoisotopic (exact) mass is 232 g/mol. The van der Waals surface area contributed by atoms with Crippen molar-refractivity contribution in [1.82, 2.24) is 10.3 Å². The molecule has 1 heterocycles. The number of aryl methyl sites for hydroxylation is 2. The Bertz CT molecular complexity index is 488. The molecule has 2 rings (SSSR count). The van der Waals surface area contributed by atoms with Crippen molar-refractivity contribution in [2.24, 2.45) is 0 Å². The van der Waals surface area contributed by atoms with Gasteiger partial charge in [-0.05, 0) is 32.0 Å². The molecule has 1 N–H and O–H groups in total. The number of aromatic nitrogens is 1. The minimum Gasteiger partial charge on any atom is -0.314 e. The average Bonchev–Trinajstić information content (AvgIpc) is 2.71. The van der Waals surface area contributed by atoms with Crippen molar-refractivity contribution in [1.29, 1.82) is 0 Å². The third kappa shape index (κ3) is 2.31. The largest absolute Gasteiger partial charge is 0.314 e. The van der Waals surface area contributed by atoms with Crippen LogP contribution >= 0.6 is 11.3 Å². The molecule has 0 spiro atoms. The van der Waals surface area contributed by atoms with Gasteiger partial charge in [-0.15, -0.1) is 11.3 Å². The second kappa shape index (κ2) is 4.76. The topological polar surface area (TPSA) is 24.9 Å². The highest BCUT2D eigenvalue weighted by molar-refractivity contribution is 7.15. The molecule has 16 heavy (non-hydrogen) atoms. The fourth-order valence-electron chi connectivity index (χ4n) is 1.67. The molecule has 0 amide bonds. The van der Waals surface area contributed by atoms with Crippen LogP contribution < -0.4 is 5.32 Å². The van der Waals surface area contributed by atoms with Crippen LogP contribution in [-0.4, -0.2) is 12.0 Å². The van der Waals surface area contributed by atoms with E-state index < -0.39 is 0 Å². The van der Waals surface area contributed by atoms with Crippen molar-refractivity contribution < 1.29 is 0 Å². The van der Waals surface area contributed by atoms with E-state index >= 15 is 0 Å². The van der Waals surface area contributed by atoms with E-state index in [2.05, 4.69) is 42.3 Å². The van der Waals surface area contributed by atoms with Crippen LogP contribution in [0, 0.1) is 13.8 Å². The minimum absolute atomic E-state index is 0.843. The third-order valence-electron chi connectivity index (χ3n) is 2.54. The third-order valence-corrected chi connectivity index (χ3v) is 3.57. The molecule has 0 saturated carbocycles. The van der Waals surface area contributed by atoms with Crippen LogP contribution in [0.3, 0.4) is 0 Å². The fraction of sp³-hybridized carbons (Fsp3) is 0.308. The summed E-state index contributed by atoms with van der Waals surface area (Å²) in [5.41, 5.74) is 3.91. The number of hydrogen-bond acceptors (Lipinski definition) is 3. The lowest BCUT2D eigenvalue weighted by Gasteiger charge is -2.03. The molecular weight excluding hydrogens is 216 g/mol. The SMILES string of the molecule is CNCc1ncc(-c2cc(C)ccc2C)s1. The molecule has 1 aromatic heterocycles. The summed E-state index contributed by atoms with van der Waals surface area (Å²) in [5, 5.41) is 4.26. The Hall–Kier alpha value is -1.19. The Balaban J connectivity index is 2.38. The van der Waals surface area contributed by atoms with Gasteiger partial charge in [0.15, 0.2) is 0 Å². The lowest BCUT2D eigenvalue weighted by atomic mass is 10.1. The Labute approximate surface area is 100 Å². The molecule has 0 aliphatic rings.